The molecule has 2 rings (SSSR count). The normalized spacial score (nSPS) is 23.1. The molecule has 1 aliphatic heterocycles. The molecular formula is C11H11FO4S. The highest BCUT2D eigenvalue weighted by Crippen LogP contribution is 2.39. The van der Waals surface area contributed by atoms with Gasteiger partial charge in [-0.2, -0.15) is 0 Å². The molecule has 4 nitrogen and oxygen atoms in total. The molecule has 0 aromatic heterocycles. The molecule has 1 N–H and O–H groups in total. The lowest BCUT2D eigenvalue weighted by atomic mass is 9.89. The van der Waals surface area contributed by atoms with Crippen molar-refractivity contribution < 1.29 is 22.7 Å². The topological polar surface area (TPSA) is 71.4 Å². The predicted octanol–water partition coefficient (Wildman–Crippen LogP) is 1.42. The van der Waals surface area contributed by atoms with Gasteiger partial charge in [-0.3, -0.25) is 4.79 Å². The second-order valence-corrected chi connectivity index (χ2v) is 6.20. The molecule has 1 heterocycles. The summed E-state index contributed by atoms with van der Waals surface area (Å²) in [5.74, 6) is -3.43. The number of carbonyl (C=O) groups is 1. The first kappa shape index (κ1) is 12.0. The van der Waals surface area contributed by atoms with Gasteiger partial charge < -0.3 is 5.11 Å². The summed E-state index contributed by atoms with van der Waals surface area (Å²) in [7, 11) is -3.48. The maximum Gasteiger partial charge on any atom is 0.306 e. The minimum Gasteiger partial charge on any atom is -0.481 e. The molecular weight excluding hydrogens is 247 g/mol. The largest absolute Gasteiger partial charge is 0.481 e. The Bertz CT molecular complexity index is 579. The standard InChI is InChI=1S/C11H11FO4S/c1-6(11(13)14)9-5-17(15,16)10-3-2-7(12)4-8(9)10/h2-4,6,9H,5H2,1H3,(H,13,14). The number of hydrogen-bond donors (Lipinski definition) is 1. The van der Waals surface area contributed by atoms with Gasteiger partial charge in [-0.1, -0.05) is 6.92 Å². The number of hydrogen-bond acceptors (Lipinski definition) is 3. The van der Waals surface area contributed by atoms with Gasteiger partial charge in [-0.05, 0) is 23.8 Å². The van der Waals surface area contributed by atoms with Crippen molar-refractivity contribution in [1.29, 1.82) is 0 Å². The third kappa shape index (κ3) is 1.93. The SMILES string of the molecule is CC(C(=O)O)C1CS(=O)(=O)c2ccc(F)cc21. The van der Waals surface area contributed by atoms with Gasteiger partial charge in [0.2, 0.25) is 0 Å². The molecule has 6 heteroatoms. The first-order valence-corrected chi connectivity index (χ1v) is 6.73. The summed E-state index contributed by atoms with van der Waals surface area (Å²) < 4.78 is 36.7. The fourth-order valence-electron chi connectivity index (χ4n) is 2.09. The lowest BCUT2D eigenvalue weighted by Crippen LogP contribution is -2.20. The van der Waals surface area contributed by atoms with Crippen LogP contribution >= 0.6 is 0 Å². The van der Waals surface area contributed by atoms with E-state index < -0.39 is 33.5 Å². The van der Waals surface area contributed by atoms with Gasteiger partial charge in [0.25, 0.3) is 0 Å². The van der Waals surface area contributed by atoms with E-state index in [1.165, 1.54) is 13.0 Å². The summed E-state index contributed by atoms with van der Waals surface area (Å²) in [6.45, 7) is 1.43. The molecule has 0 bridgehead atoms. The maximum atomic E-state index is 13.1. The summed E-state index contributed by atoms with van der Waals surface area (Å²) in [6, 6.07) is 3.39. The molecule has 0 saturated carbocycles. The summed E-state index contributed by atoms with van der Waals surface area (Å²) >= 11 is 0. The summed E-state index contributed by atoms with van der Waals surface area (Å²) in [4.78, 5) is 11.0. The fourth-order valence-corrected chi connectivity index (χ4v) is 4.06. The third-order valence-corrected chi connectivity index (χ3v) is 4.94. The van der Waals surface area contributed by atoms with Crippen LogP contribution in [0.3, 0.4) is 0 Å². The smallest absolute Gasteiger partial charge is 0.306 e. The van der Waals surface area contributed by atoms with E-state index in [0.29, 0.717) is 0 Å². The van der Waals surface area contributed by atoms with Gasteiger partial charge >= 0.3 is 5.97 Å². The van der Waals surface area contributed by atoms with Crippen molar-refractivity contribution in [3.05, 3.63) is 29.6 Å². The Labute approximate surface area is 98.0 Å². The molecule has 0 saturated heterocycles. The van der Waals surface area contributed by atoms with E-state index in [9.17, 15) is 17.6 Å². The number of carboxylic acid groups (broad SMARTS) is 1. The number of halogens is 1. The van der Waals surface area contributed by atoms with E-state index in [-0.39, 0.29) is 16.2 Å². The van der Waals surface area contributed by atoms with Gasteiger partial charge in [0.05, 0.1) is 16.6 Å². The van der Waals surface area contributed by atoms with Gasteiger partial charge in [0.1, 0.15) is 5.82 Å². The molecule has 1 aromatic carbocycles. The number of aliphatic carboxylic acids is 1. The van der Waals surface area contributed by atoms with Crippen LogP contribution in [-0.4, -0.2) is 25.2 Å². The monoisotopic (exact) mass is 258 g/mol. The number of rotatable bonds is 2. The zero-order chi connectivity index (χ0) is 12.8. The molecule has 0 spiro atoms. The Morgan fingerprint density at radius 2 is 2.18 bits per heavy atom. The van der Waals surface area contributed by atoms with Gasteiger partial charge in [-0.15, -0.1) is 0 Å². The van der Waals surface area contributed by atoms with E-state index in [1.807, 2.05) is 0 Å². The average molecular weight is 258 g/mol. The molecule has 92 valence electrons. The minimum absolute atomic E-state index is 0.0528. The Hall–Kier alpha value is -1.43. The number of benzene rings is 1. The summed E-state index contributed by atoms with van der Waals surface area (Å²) in [5, 5.41) is 8.92. The van der Waals surface area contributed by atoms with E-state index in [0.717, 1.165) is 12.1 Å². The van der Waals surface area contributed by atoms with Crippen molar-refractivity contribution in [2.24, 2.45) is 5.92 Å². The molecule has 0 aliphatic carbocycles. The van der Waals surface area contributed by atoms with E-state index >= 15 is 0 Å². The maximum absolute atomic E-state index is 13.1. The molecule has 17 heavy (non-hydrogen) atoms. The molecule has 0 fully saturated rings. The van der Waals surface area contributed by atoms with Gasteiger partial charge in [0, 0.05) is 5.92 Å². The molecule has 0 amide bonds. The highest BCUT2D eigenvalue weighted by molar-refractivity contribution is 7.91. The van der Waals surface area contributed by atoms with Gasteiger partial charge in [-0.25, -0.2) is 12.8 Å². The molecule has 2 unspecified atom stereocenters. The first-order chi connectivity index (χ1) is 7.83. The Kier molecular flexibility index (Phi) is 2.69. The zero-order valence-electron chi connectivity index (χ0n) is 9.05. The molecule has 1 aliphatic rings. The Morgan fingerprint density at radius 1 is 1.53 bits per heavy atom. The van der Waals surface area contributed by atoms with Crippen molar-refractivity contribution >= 4 is 15.8 Å². The quantitative estimate of drug-likeness (QED) is 0.814. The molecule has 0 radical (unpaired) electrons. The van der Waals surface area contributed by atoms with Crippen LogP contribution in [0.5, 0.6) is 0 Å². The lowest BCUT2D eigenvalue weighted by Gasteiger charge is -2.14. The van der Waals surface area contributed by atoms with E-state index in [2.05, 4.69) is 0 Å². The Morgan fingerprint density at radius 3 is 2.76 bits per heavy atom. The number of fused-ring (bicyclic) bond motifs is 1. The van der Waals surface area contributed by atoms with Crippen molar-refractivity contribution in [3.63, 3.8) is 0 Å². The zero-order valence-corrected chi connectivity index (χ0v) is 9.87. The predicted molar refractivity (Wildman–Crippen MR) is 58.0 cm³/mol. The van der Waals surface area contributed by atoms with Crippen molar-refractivity contribution in [3.8, 4) is 0 Å². The number of carboxylic acids is 1. The van der Waals surface area contributed by atoms with Crippen LogP contribution in [0.15, 0.2) is 23.1 Å². The van der Waals surface area contributed by atoms with Crippen molar-refractivity contribution in [1.82, 2.24) is 0 Å². The summed E-state index contributed by atoms with van der Waals surface area (Å²) in [5.41, 5.74) is 0.278. The number of sulfone groups is 1. The molecule has 1 aromatic rings. The summed E-state index contributed by atoms with van der Waals surface area (Å²) in [6.07, 6.45) is 0. The van der Waals surface area contributed by atoms with Crippen molar-refractivity contribution in [2.75, 3.05) is 5.75 Å². The van der Waals surface area contributed by atoms with Crippen LogP contribution in [0.25, 0.3) is 0 Å². The fraction of sp³-hybridized carbons (Fsp3) is 0.364. The minimum atomic E-state index is -3.48. The van der Waals surface area contributed by atoms with Crippen LogP contribution in [0.4, 0.5) is 4.39 Å². The van der Waals surface area contributed by atoms with Crippen LogP contribution < -0.4 is 0 Å². The van der Waals surface area contributed by atoms with Crippen LogP contribution in [-0.2, 0) is 14.6 Å². The lowest BCUT2D eigenvalue weighted by molar-refractivity contribution is -0.141. The van der Waals surface area contributed by atoms with Crippen LogP contribution in [0.1, 0.15) is 18.4 Å². The highest BCUT2D eigenvalue weighted by atomic mass is 32.2. The van der Waals surface area contributed by atoms with E-state index in [4.69, 9.17) is 5.11 Å². The second kappa shape index (κ2) is 3.80. The third-order valence-electron chi connectivity index (χ3n) is 3.10. The van der Waals surface area contributed by atoms with Gasteiger partial charge in [0.15, 0.2) is 9.84 Å². The molecule has 2 atom stereocenters. The van der Waals surface area contributed by atoms with Crippen LogP contribution in [0, 0.1) is 11.7 Å². The Balaban J connectivity index is 2.57. The van der Waals surface area contributed by atoms with Crippen LogP contribution in [0.2, 0.25) is 0 Å². The van der Waals surface area contributed by atoms with Crippen molar-refractivity contribution in [2.45, 2.75) is 17.7 Å². The highest BCUT2D eigenvalue weighted by Gasteiger charge is 2.40. The van der Waals surface area contributed by atoms with E-state index in [1.54, 1.807) is 0 Å². The second-order valence-electron chi connectivity index (χ2n) is 4.20. The average Bonchev–Trinajstić information content (AvgIpc) is 2.49. The first-order valence-electron chi connectivity index (χ1n) is 5.08.